The SMILES string of the molecule is CS(=O)(=O)NCC1CCCCN1C(=O)c1cc(S(=O)(=O)N2CCOCC2)ccc1F. The number of halogens is 1. The minimum Gasteiger partial charge on any atom is -0.379 e. The van der Waals surface area contributed by atoms with Gasteiger partial charge in [-0.25, -0.2) is 25.9 Å². The van der Waals surface area contributed by atoms with Crippen LogP contribution in [0.4, 0.5) is 4.39 Å². The van der Waals surface area contributed by atoms with Gasteiger partial charge in [0, 0.05) is 32.2 Å². The Morgan fingerprint density at radius 3 is 2.53 bits per heavy atom. The van der Waals surface area contributed by atoms with Gasteiger partial charge in [-0.05, 0) is 37.5 Å². The quantitative estimate of drug-likeness (QED) is 0.653. The smallest absolute Gasteiger partial charge is 0.257 e. The highest BCUT2D eigenvalue weighted by Gasteiger charge is 2.32. The molecule has 0 radical (unpaired) electrons. The standard InChI is InChI=1S/C18H26FN3O6S2/c1-29(24,25)20-13-14-4-2-3-7-22(14)18(23)16-12-15(5-6-17(16)19)30(26,27)21-8-10-28-11-9-21/h5-6,12,14,20H,2-4,7-11,13H2,1H3. The fraction of sp³-hybridized carbons (Fsp3) is 0.611. The van der Waals surface area contributed by atoms with Crippen molar-refractivity contribution < 1.29 is 30.8 Å². The van der Waals surface area contributed by atoms with Crippen LogP contribution >= 0.6 is 0 Å². The van der Waals surface area contributed by atoms with Gasteiger partial charge in [-0.1, -0.05) is 0 Å². The summed E-state index contributed by atoms with van der Waals surface area (Å²) in [5.41, 5.74) is -0.337. The van der Waals surface area contributed by atoms with E-state index in [1.807, 2.05) is 0 Å². The molecule has 0 aromatic heterocycles. The zero-order valence-electron chi connectivity index (χ0n) is 16.7. The zero-order chi connectivity index (χ0) is 21.9. The van der Waals surface area contributed by atoms with Crippen molar-refractivity contribution in [2.45, 2.75) is 30.2 Å². The van der Waals surface area contributed by atoms with Crippen LogP contribution in [0.2, 0.25) is 0 Å². The molecule has 2 saturated heterocycles. The number of benzene rings is 1. The lowest BCUT2D eigenvalue weighted by Crippen LogP contribution is -2.49. The number of carbonyl (C=O) groups excluding carboxylic acids is 1. The molecule has 2 aliphatic heterocycles. The number of sulfonamides is 2. The van der Waals surface area contributed by atoms with Crippen LogP contribution in [0.25, 0.3) is 0 Å². The molecule has 9 nitrogen and oxygen atoms in total. The third-order valence-corrected chi connectivity index (χ3v) is 7.83. The molecule has 12 heteroatoms. The summed E-state index contributed by atoms with van der Waals surface area (Å²) in [6, 6.07) is 2.77. The van der Waals surface area contributed by atoms with Crippen molar-refractivity contribution in [1.82, 2.24) is 13.9 Å². The van der Waals surface area contributed by atoms with E-state index in [1.54, 1.807) is 0 Å². The van der Waals surface area contributed by atoms with E-state index < -0.39 is 37.8 Å². The number of piperidine rings is 1. The first-order valence-corrected chi connectivity index (χ1v) is 13.1. The summed E-state index contributed by atoms with van der Waals surface area (Å²) in [6.45, 7) is 1.29. The van der Waals surface area contributed by atoms with Gasteiger partial charge in [0.05, 0.1) is 29.9 Å². The molecule has 0 spiro atoms. The first-order chi connectivity index (χ1) is 14.1. The van der Waals surface area contributed by atoms with E-state index in [9.17, 15) is 26.0 Å². The van der Waals surface area contributed by atoms with Crippen LogP contribution < -0.4 is 4.72 Å². The molecule has 0 bridgehead atoms. The van der Waals surface area contributed by atoms with Gasteiger partial charge in [0.2, 0.25) is 20.0 Å². The lowest BCUT2D eigenvalue weighted by Gasteiger charge is -2.36. The summed E-state index contributed by atoms with van der Waals surface area (Å²) < 4.78 is 71.9. The first kappa shape index (κ1) is 23.1. The van der Waals surface area contributed by atoms with Crippen LogP contribution in [0, 0.1) is 5.82 Å². The average Bonchev–Trinajstić information content (AvgIpc) is 2.72. The summed E-state index contributed by atoms with van der Waals surface area (Å²) in [6.07, 6.45) is 3.12. The Labute approximate surface area is 176 Å². The molecule has 1 aromatic rings. The van der Waals surface area contributed by atoms with Crippen LogP contribution in [0.5, 0.6) is 0 Å². The van der Waals surface area contributed by atoms with Crippen LogP contribution in [0.3, 0.4) is 0 Å². The highest BCUT2D eigenvalue weighted by Crippen LogP contribution is 2.24. The second-order valence-corrected chi connectivity index (χ2v) is 11.2. The Morgan fingerprint density at radius 1 is 1.17 bits per heavy atom. The number of nitrogens with one attached hydrogen (secondary N) is 1. The van der Waals surface area contributed by atoms with Gasteiger partial charge in [0.15, 0.2) is 0 Å². The fourth-order valence-electron chi connectivity index (χ4n) is 3.65. The maximum absolute atomic E-state index is 14.5. The largest absolute Gasteiger partial charge is 0.379 e. The van der Waals surface area contributed by atoms with Gasteiger partial charge in [-0.3, -0.25) is 4.79 Å². The van der Waals surface area contributed by atoms with Gasteiger partial charge in [0.1, 0.15) is 5.82 Å². The molecule has 1 N–H and O–H groups in total. The molecule has 2 aliphatic rings. The summed E-state index contributed by atoms with van der Waals surface area (Å²) in [5, 5.41) is 0. The molecule has 1 aromatic carbocycles. The van der Waals surface area contributed by atoms with Crippen molar-refractivity contribution in [1.29, 1.82) is 0 Å². The van der Waals surface area contributed by atoms with Gasteiger partial charge < -0.3 is 9.64 Å². The van der Waals surface area contributed by atoms with Crippen LogP contribution in [0.1, 0.15) is 29.6 Å². The van der Waals surface area contributed by atoms with E-state index in [2.05, 4.69) is 4.72 Å². The second-order valence-electron chi connectivity index (χ2n) is 7.43. The lowest BCUT2D eigenvalue weighted by molar-refractivity contribution is 0.0613. The van der Waals surface area contributed by atoms with E-state index in [0.717, 1.165) is 30.9 Å². The van der Waals surface area contributed by atoms with Crippen molar-refractivity contribution in [3.8, 4) is 0 Å². The highest BCUT2D eigenvalue weighted by atomic mass is 32.2. The Bertz CT molecular complexity index is 993. The van der Waals surface area contributed by atoms with Crippen molar-refractivity contribution in [3.05, 3.63) is 29.6 Å². The van der Waals surface area contributed by atoms with Crippen LogP contribution in [-0.2, 0) is 24.8 Å². The van der Waals surface area contributed by atoms with Crippen LogP contribution in [-0.4, -0.2) is 83.6 Å². The normalized spacial score (nSPS) is 21.5. The molecular weight excluding hydrogens is 437 g/mol. The van der Waals surface area contributed by atoms with E-state index in [0.29, 0.717) is 19.4 Å². The molecule has 30 heavy (non-hydrogen) atoms. The Hall–Kier alpha value is -1.60. The lowest BCUT2D eigenvalue weighted by atomic mass is 10.0. The molecule has 1 amide bonds. The number of rotatable bonds is 6. The molecule has 3 rings (SSSR count). The number of carbonyl (C=O) groups is 1. The molecule has 2 heterocycles. The van der Waals surface area contributed by atoms with E-state index in [-0.39, 0.29) is 43.3 Å². The van der Waals surface area contributed by atoms with Gasteiger partial charge in [-0.15, -0.1) is 0 Å². The average molecular weight is 464 g/mol. The Balaban J connectivity index is 1.86. The Morgan fingerprint density at radius 2 is 1.87 bits per heavy atom. The van der Waals surface area contributed by atoms with E-state index in [4.69, 9.17) is 4.74 Å². The highest BCUT2D eigenvalue weighted by molar-refractivity contribution is 7.89. The third kappa shape index (κ3) is 5.35. The molecular formula is C18H26FN3O6S2. The number of morpholine rings is 1. The maximum Gasteiger partial charge on any atom is 0.257 e. The number of hydrogen-bond donors (Lipinski definition) is 1. The number of likely N-dealkylation sites (tertiary alicyclic amines) is 1. The predicted octanol–water partition coefficient (Wildman–Crippen LogP) is 0.391. The topological polar surface area (TPSA) is 113 Å². The molecule has 2 fully saturated rings. The van der Waals surface area contributed by atoms with Gasteiger partial charge >= 0.3 is 0 Å². The molecule has 0 aliphatic carbocycles. The fourth-order valence-corrected chi connectivity index (χ4v) is 5.58. The molecule has 168 valence electrons. The molecule has 0 saturated carbocycles. The minimum absolute atomic E-state index is 0.0258. The molecule has 1 atom stereocenters. The summed E-state index contributed by atoms with van der Waals surface area (Å²) in [5.74, 6) is -1.46. The summed E-state index contributed by atoms with van der Waals surface area (Å²) >= 11 is 0. The van der Waals surface area contributed by atoms with E-state index in [1.165, 1.54) is 9.21 Å². The number of ether oxygens (including phenoxy) is 1. The first-order valence-electron chi connectivity index (χ1n) is 9.72. The minimum atomic E-state index is -3.88. The molecule has 1 unspecified atom stereocenters. The van der Waals surface area contributed by atoms with Crippen molar-refractivity contribution >= 4 is 26.0 Å². The van der Waals surface area contributed by atoms with Crippen molar-refractivity contribution in [2.75, 3.05) is 45.6 Å². The number of amides is 1. The monoisotopic (exact) mass is 463 g/mol. The van der Waals surface area contributed by atoms with Crippen LogP contribution in [0.15, 0.2) is 23.1 Å². The summed E-state index contributed by atoms with van der Waals surface area (Å²) in [7, 11) is -7.33. The zero-order valence-corrected chi connectivity index (χ0v) is 18.3. The van der Waals surface area contributed by atoms with Crippen molar-refractivity contribution in [2.24, 2.45) is 0 Å². The number of hydrogen-bond acceptors (Lipinski definition) is 6. The summed E-state index contributed by atoms with van der Waals surface area (Å²) in [4.78, 5) is 14.4. The number of nitrogens with zero attached hydrogens (tertiary/aromatic N) is 2. The third-order valence-electron chi connectivity index (χ3n) is 5.25. The Kier molecular flexibility index (Phi) is 7.13. The van der Waals surface area contributed by atoms with Gasteiger partial charge in [-0.2, -0.15) is 4.31 Å². The van der Waals surface area contributed by atoms with Gasteiger partial charge in [0.25, 0.3) is 5.91 Å². The predicted molar refractivity (Wildman–Crippen MR) is 107 cm³/mol. The maximum atomic E-state index is 14.5. The van der Waals surface area contributed by atoms with Crippen molar-refractivity contribution in [3.63, 3.8) is 0 Å². The van der Waals surface area contributed by atoms with E-state index >= 15 is 0 Å². The second kappa shape index (κ2) is 9.27.